The highest BCUT2D eigenvalue weighted by Gasteiger charge is 2.22. The van der Waals surface area contributed by atoms with Crippen molar-refractivity contribution in [1.29, 1.82) is 0 Å². The predicted molar refractivity (Wildman–Crippen MR) is 109 cm³/mol. The van der Waals surface area contributed by atoms with E-state index in [4.69, 9.17) is 15.8 Å². The largest absolute Gasteiger partial charge is 0.502 e. The molecule has 1 heterocycles. The summed E-state index contributed by atoms with van der Waals surface area (Å²) in [5.74, 6) is 2.15. The molecule has 142 valence electrons. The number of fused-ring (bicyclic) bond motifs is 1. The third-order valence-corrected chi connectivity index (χ3v) is 5.16. The van der Waals surface area contributed by atoms with Gasteiger partial charge in [0.1, 0.15) is 5.75 Å². The molecule has 5 heteroatoms. The van der Waals surface area contributed by atoms with Crippen molar-refractivity contribution in [3.8, 4) is 28.6 Å². The van der Waals surface area contributed by atoms with E-state index < -0.39 is 0 Å². The fraction of sp³-hybridized carbons (Fsp3) is 0.348. The molecule has 2 aromatic carbocycles. The molecule has 28 heavy (non-hydrogen) atoms. The van der Waals surface area contributed by atoms with Crippen LogP contribution in [0.1, 0.15) is 50.7 Å². The number of rotatable bonds is 4. The van der Waals surface area contributed by atoms with Gasteiger partial charge in [0, 0.05) is 11.1 Å². The smallest absolute Gasteiger partial charge is 0.256 e. The zero-order valence-electron chi connectivity index (χ0n) is 16.4. The molecule has 5 nitrogen and oxygen atoms in total. The van der Waals surface area contributed by atoms with Gasteiger partial charge in [-0.15, -0.1) is 0 Å². The summed E-state index contributed by atoms with van der Waals surface area (Å²) >= 11 is 0. The maximum atomic E-state index is 7.43. The standard InChI is InChI=1S/C23H23N3O2/c1-14(2)27-21-12-11-16(13-20(21)24-4)23-25-22(26-28-23)19-10-6-8-17-15(3)7-5-9-18(17)19/h6,8,10-15H,5,7,9H2,1-3H3/t15-/m1/s1. The lowest BCUT2D eigenvalue weighted by molar-refractivity contribution is 0.244. The second kappa shape index (κ2) is 7.47. The van der Waals surface area contributed by atoms with E-state index in [1.165, 1.54) is 24.0 Å². The molecule has 0 spiro atoms. The Morgan fingerprint density at radius 3 is 2.89 bits per heavy atom. The summed E-state index contributed by atoms with van der Waals surface area (Å²) in [4.78, 5) is 8.20. The van der Waals surface area contributed by atoms with Crippen LogP contribution < -0.4 is 4.74 Å². The molecule has 0 amide bonds. The molecule has 1 aliphatic carbocycles. The van der Waals surface area contributed by atoms with Crippen molar-refractivity contribution < 1.29 is 9.26 Å². The van der Waals surface area contributed by atoms with E-state index in [9.17, 15) is 0 Å². The Kier molecular flexibility index (Phi) is 4.87. The van der Waals surface area contributed by atoms with Crippen molar-refractivity contribution in [1.82, 2.24) is 10.1 Å². The van der Waals surface area contributed by atoms with Gasteiger partial charge >= 0.3 is 0 Å². The Hall–Kier alpha value is -3.13. The van der Waals surface area contributed by atoms with E-state index >= 15 is 0 Å². The molecule has 0 fully saturated rings. The molecule has 0 aliphatic heterocycles. The van der Waals surface area contributed by atoms with Gasteiger partial charge in [0.15, 0.2) is 0 Å². The molecule has 0 bridgehead atoms. The van der Waals surface area contributed by atoms with Gasteiger partial charge in [-0.3, -0.25) is 0 Å². The van der Waals surface area contributed by atoms with Crippen molar-refractivity contribution in [2.75, 3.05) is 0 Å². The molecule has 0 radical (unpaired) electrons. The number of nitrogens with zero attached hydrogens (tertiary/aromatic N) is 3. The van der Waals surface area contributed by atoms with Crippen LogP contribution in [0.3, 0.4) is 0 Å². The average Bonchev–Trinajstić information content (AvgIpc) is 3.18. The number of ether oxygens (including phenoxy) is 1. The van der Waals surface area contributed by atoms with Gasteiger partial charge in [-0.25, -0.2) is 4.85 Å². The van der Waals surface area contributed by atoms with Crippen LogP contribution in [-0.2, 0) is 6.42 Å². The van der Waals surface area contributed by atoms with Crippen molar-refractivity contribution in [2.45, 2.75) is 52.1 Å². The second-order valence-corrected chi connectivity index (χ2v) is 7.55. The second-order valence-electron chi connectivity index (χ2n) is 7.55. The number of benzene rings is 2. The van der Waals surface area contributed by atoms with Crippen LogP contribution in [0.4, 0.5) is 5.69 Å². The highest BCUT2D eigenvalue weighted by atomic mass is 16.5. The summed E-state index contributed by atoms with van der Waals surface area (Å²) in [6, 6.07) is 11.7. The van der Waals surface area contributed by atoms with E-state index in [1.807, 2.05) is 19.9 Å². The molecule has 0 N–H and O–H groups in total. The molecule has 3 aromatic rings. The van der Waals surface area contributed by atoms with E-state index in [2.05, 4.69) is 40.1 Å². The fourth-order valence-corrected chi connectivity index (χ4v) is 3.84. The molecule has 1 aliphatic rings. The lowest BCUT2D eigenvalue weighted by Gasteiger charge is -2.23. The normalized spacial score (nSPS) is 15.9. The number of hydrogen-bond acceptors (Lipinski definition) is 4. The number of hydrogen-bond donors (Lipinski definition) is 0. The summed E-state index contributed by atoms with van der Waals surface area (Å²) < 4.78 is 11.2. The van der Waals surface area contributed by atoms with Crippen LogP contribution in [0.25, 0.3) is 27.7 Å². The molecule has 0 unspecified atom stereocenters. The van der Waals surface area contributed by atoms with Crippen molar-refractivity contribution in [3.63, 3.8) is 0 Å². The summed E-state index contributed by atoms with van der Waals surface area (Å²) in [5.41, 5.74) is 4.93. The van der Waals surface area contributed by atoms with Gasteiger partial charge in [-0.05, 0) is 68.4 Å². The third-order valence-electron chi connectivity index (χ3n) is 5.16. The summed E-state index contributed by atoms with van der Waals surface area (Å²) in [6.07, 6.45) is 3.45. The molecular formula is C23H23N3O2. The van der Waals surface area contributed by atoms with Crippen LogP contribution in [-0.4, -0.2) is 16.2 Å². The van der Waals surface area contributed by atoms with Gasteiger partial charge in [0.2, 0.25) is 11.5 Å². The maximum absolute atomic E-state index is 7.43. The van der Waals surface area contributed by atoms with Crippen molar-refractivity contribution in [2.24, 2.45) is 0 Å². The van der Waals surface area contributed by atoms with Crippen LogP contribution in [0.15, 0.2) is 40.9 Å². The first kappa shape index (κ1) is 18.2. The first-order valence-corrected chi connectivity index (χ1v) is 9.71. The topological polar surface area (TPSA) is 52.5 Å². The van der Waals surface area contributed by atoms with Crippen LogP contribution in [0.5, 0.6) is 5.75 Å². The zero-order chi connectivity index (χ0) is 19.7. The molecule has 4 rings (SSSR count). The van der Waals surface area contributed by atoms with Gasteiger partial charge in [-0.2, -0.15) is 4.98 Å². The minimum absolute atomic E-state index is 0.00741. The fourth-order valence-electron chi connectivity index (χ4n) is 3.84. The van der Waals surface area contributed by atoms with E-state index in [0.29, 0.717) is 29.1 Å². The van der Waals surface area contributed by atoms with Crippen LogP contribution in [0.2, 0.25) is 0 Å². The quantitative estimate of drug-likeness (QED) is 0.512. The molecule has 1 aromatic heterocycles. The maximum Gasteiger partial charge on any atom is 0.256 e. The lowest BCUT2D eigenvalue weighted by atomic mass is 9.81. The van der Waals surface area contributed by atoms with Gasteiger partial charge < -0.3 is 9.26 Å². The van der Waals surface area contributed by atoms with Crippen molar-refractivity contribution >= 4 is 5.69 Å². The van der Waals surface area contributed by atoms with Crippen LogP contribution in [0, 0.1) is 6.57 Å². The Morgan fingerprint density at radius 1 is 1.25 bits per heavy atom. The van der Waals surface area contributed by atoms with E-state index in [0.717, 1.165) is 17.5 Å². The molecule has 0 saturated carbocycles. The Balaban J connectivity index is 1.70. The lowest BCUT2D eigenvalue weighted by Crippen LogP contribution is -2.08. The predicted octanol–water partition coefficient (Wildman–Crippen LogP) is 6.18. The molecule has 1 atom stereocenters. The SMILES string of the molecule is [C-]#[N+]c1cc(-c2nc(-c3cccc4c3CCC[C@H]4C)no2)ccc1OC(C)C. The van der Waals surface area contributed by atoms with Crippen LogP contribution >= 0.6 is 0 Å². The highest BCUT2D eigenvalue weighted by Crippen LogP contribution is 2.37. The molecular weight excluding hydrogens is 350 g/mol. The first-order valence-electron chi connectivity index (χ1n) is 9.71. The first-order chi connectivity index (χ1) is 13.6. The van der Waals surface area contributed by atoms with Gasteiger partial charge in [0.05, 0.1) is 12.7 Å². The van der Waals surface area contributed by atoms with Gasteiger partial charge in [-0.1, -0.05) is 30.3 Å². The zero-order valence-corrected chi connectivity index (χ0v) is 16.4. The monoisotopic (exact) mass is 373 g/mol. The van der Waals surface area contributed by atoms with Gasteiger partial charge in [0.25, 0.3) is 5.89 Å². The molecule has 0 saturated heterocycles. The summed E-state index contributed by atoms with van der Waals surface area (Å²) in [7, 11) is 0. The Bertz CT molecular complexity index is 1050. The number of aromatic nitrogens is 2. The Labute approximate surface area is 165 Å². The van der Waals surface area contributed by atoms with Crippen molar-refractivity contribution in [3.05, 3.63) is 58.9 Å². The average molecular weight is 373 g/mol. The highest BCUT2D eigenvalue weighted by molar-refractivity contribution is 5.70. The summed E-state index contributed by atoms with van der Waals surface area (Å²) in [5, 5.41) is 4.23. The minimum atomic E-state index is 0.00741. The minimum Gasteiger partial charge on any atom is -0.502 e. The van der Waals surface area contributed by atoms with E-state index in [1.54, 1.807) is 12.1 Å². The summed E-state index contributed by atoms with van der Waals surface area (Å²) in [6.45, 7) is 13.6. The van der Waals surface area contributed by atoms with E-state index in [-0.39, 0.29) is 6.10 Å². The third kappa shape index (κ3) is 3.38. The Morgan fingerprint density at radius 2 is 2.11 bits per heavy atom.